The van der Waals surface area contributed by atoms with Gasteiger partial charge in [0.2, 0.25) is 10.0 Å². The second kappa shape index (κ2) is 5.93. The fraction of sp³-hybridized carbons (Fsp3) is 0.500. The van der Waals surface area contributed by atoms with Gasteiger partial charge in [0.05, 0.1) is 11.0 Å². The minimum Gasteiger partial charge on any atom is -0.491 e. The molecule has 0 N–H and O–H groups in total. The summed E-state index contributed by atoms with van der Waals surface area (Å²) in [5.41, 5.74) is 0. The first kappa shape index (κ1) is 15.0. The molecule has 0 atom stereocenters. The largest absolute Gasteiger partial charge is 0.491 e. The van der Waals surface area contributed by atoms with Gasteiger partial charge in [0.15, 0.2) is 0 Å². The predicted octanol–water partition coefficient (Wildman–Crippen LogP) is 1.83. The van der Waals surface area contributed by atoms with Crippen molar-refractivity contribution in [2.45, 2.75) is 37.7 Å². The van der Waals surface area contributed by atoms with Gasteiger partial charge >= 0.3 is 0 Å². The van der Waals surface area contributed by atoms with Crippen molar-refractivity contribution in [3.63, 3.8) is 0 Å². The topological polar surface area (TPSA) is 63.7 Å². The minimum absolute atomic E-state index is 0.0468. The van der Waals surface area contributed by atoms with Crippen molar-refractivity contribution in [2.75, 3.05) is 13.1 Å². The fourth-order valence-corrected chi connectivity index (χ4v) is 3.53. The number of benzene rings is 1. The molecule has 0 bridgehead atoms. The van der Waals surface area contributed by atoms with Crippen molar-refractivity contribution in [1.82, 2.24) is 4.31 Å². The smallest absolute Gasteiger partial charge is 0.243 e. The molecule has 1 heterocycles. The minimum atomic E-state index is -3.51. The van der Waals surface area contributed by atoms with E-state index in [1.54, 1.807) is 24.3 Å². The normalized spacial score (nSPS) is 17.4. The Morgan fingerprint density at radius 1 is 1.10 bits per heavy atom. The summed E-state index contributed by atoms with van der Waals surface area (Å²) >= 11 is 0. The van der Waals surface area contributed by atoms with E-state index >= 15 is 0 Å². The quantitative estimate of drug-likeness (QED) is 0.850. The van der Waals surface area contributed by atoms with Crippen molar-refractivity contribution >= 4 is 15.8 Å². The second-order valence-electron chi connectivity index (χ2n) is 5.08. The molecule has 0 aromatic heterocycles. The van der Waals surface area contributed by atoms with Gasteiger partial charge in [-0.05, 0) is 38.1 Å². The zero-order chi connectivity index (χ0) is 14.8. The highest BCUT2D eigenvalue weighted by Gasteiger charge is 2.28. The molecule has 1 saturated heterocycles. The van der Waals surface area contributed by atoms with Crippen LogP contribution in [-0.2, 0) is 14.8 Å². The fourth-order valence-electron chi connectivity index (χ4n) is 2.09. The number of piperidine rings is 1. The first-order valence-electron chi connectivity index (χ1n) is 6.68. The van der Waals surface area contributed by atoms with E-state index in [1.807, 2.05) is 13.8 Å². The monoisotopic (exact) mass is 297 g/mol. The summed E-state index contributed by atoms with van der Waals surface area (Å²) in [6, 6.07) is 6.40. The Labute approximate surface area is 119 Å². The SMILES string of the molecule is CC(C)Oc1ccc(S(=O)(=O)N2CCC(=O)CC2)cc1. The third-order valence-corrected chi connectivity index (χ3v) is 5.03. The van der Waals surface area contributed by atoms with Gasteiger partial charge < -0.3 is 4.74 Å². The average Bonchev–Trinajstić information content (AvgIpc) is 2.39. The van der Waals surface area contributed by atoms with E-state index in [0.29, 0.717) is 18.6 Å². The van der Waals surface area contributed by atoms with E-state index in [1.165, 1.54) is 4.31 Å². The lowest BCUT2D eigenvalue weighted by molar-refractivity contribution is -0.120. The third-order valence-electron chi connectivity index (χ3n) is 3.11. The van der Waals surface area contributed by atoms with Gasteiger partial charge in [-0.2, -0.15) is 4.31 Å². The van der Waals surface area contributed by atoms with Crippen LogP contribution < -0.4 is 4.74 Å². The number of Topliss-reactive ketones (excluding diaryl/α,β-unsaturated/α-hetero) is 1. The number of nitrogens with zero attached hydrogens (tertiary/aromatic N) is 1. The highest BCUT2D eigenvalue weighted by Crippen LogP contribution is 2.22. The number of carbonyl (C=O) groups excluding carboxylic acids is 1. The van der Waals surface area contributed by atoms with Gasteiger partial charge in [-0.1, -0.05) is 0 Å². The molecular formula is C14H19NO4S. The zero-order valence-corrected chi connectivity index (χ0v) is 12.5. The maximum atomic E-state index is 12.4. The number of ether oxygens (including phenoxy) is 1. The summed E-state index contributed by atoms with van der Waals surface area (Å²) in [5.74, 6) is 0.768. The molecule has 0 saturated carbocycles. The molecule has 110 valence electrons. The molecule has 0 spiro atoms. The molecule has 20 heavy (non-hydrogen) atoms. The molecular weight excluding hydrogens is 278 g/mol. The lowest BCUT2D eigenvalue weighted by atomic mass is 10.1. The Kier molecular flexibility index (Phi) is 4.45. The van der Waals surface area contributed by atoms with E-state index < -0.39 is 10.0 Å². The van der Waals surface area contributed by atoms with Crippen molar-refractivity contribution in [2.24, 2.45) is 0 Å². The predicted molar refractivity (Wildman–Crippen MR) is 75.2 cm³/mol. The molecule has 0 aliphatic carbocycles. The summed E-state index contributed by atoms with van der Waals surface area (Å²) in [7, 11) is -3.51. The Morgan fingerprint density at radius 3 is 2.15 bits per heavy atom. The molecule has 1 aliphatic rings. The van der Waals surface area contributed by atoms with Crippen LogP contribution in [0.1, 0.15) is 26.7 Å². The van der Waals surface area contributed by atoms with Gasteiger partial charge in [0, 0.05) is 25.9 Å². The van der Waals surface area contributed by atoms with Crippen LogP contribution in [0.25, 0.3) is 0 Å². The van der Waals surface area contributed by atoms with E-state index in [-0.39, 0.29) is 29.9 Å². The van der Waals surface area contributed by atoms with Crippen LogP contribution in [0.4, 0.5) is 0 Å². The van der Waals surface area contributed by atoms with Crippen LogP contribution in [0, 0.1) is 0 Å². The summed E-state index contributed by atoms with van der Waals surface area (Å²) in [6.07, 6.45) is 0.646. The molecule has 1 aromatic rings. The van der Waals surface area contributed by atoms with Crippen LogP contribution in [0.5, 0.6) is 5.75 Å². The van der Waals surface area contributed by atoms with E-state index in [9.17, 15) is 13.2 Å². The maximum absolute atomic E-state index is 12.4. The van der Waals surface area contributed by atoms with Crippen molar-refractivity contribution in [1.29, 1.82) is 0 Å². The van der Waals surface area contributed by atoms with Gasteiger partial charge in [0.25, 0.3) is 0 Å². The van der Waals surface area contributed by atoms with E-state index in [4.69, 9.17) is 4.74 Å². The van der Waals surface area contributed by atoms with Crippen molar-refractivity contribution in [3.8, 4) is 5.75 Å². The van der Waals surface area contributed by atoms with Crippen LogP contribution in [0.3, 0.4) is 0 Å². The van der Waals surface area contributed by atoms with Crippen LogP contribution in [-0.4, -0.2) is 37.7 Å². The summed E-state index contributed by atoms with van der Waals surface area (Å²) in [5, 5.41) is 0. The van der Waals surface area contributed by atoms with Gasteiger partial charge in [-0.15, -0.1) is 0 Å². The number of rotatable bonds is 4. The average molecular weight is 297 g/mol. The van der Waals surface area contributed by atoms with Gasteiger partial charge in [-0.25, -0.2) is 8.42 Å². The highest BCUT2D eigenvalue weighted by molar-refractivity contribution is 7.89. The molecule has 0 radical (unpaired) electrons. The van der Waals surface area contributed by atoms with E-state index in [0.717, 1.165) is 0 Å². The first-order chi connectivity index (χ1) is 9.39. The molecule has 1 aromatic carbocycles. The summed E-state index contributed by atoms with van der Waals surface area (Å²) in [6.45, 7) is 4.36. The summed E-state index contributed by atoms with van der Waals surface area (Å²) in [4.78, 5) is 11.4. The number of carbonyl (C=O) groups is 1. The van der Waals surface area contributed by atoms with Crippen LogP contribution in [0.2, 0.25) is 0 Å². The van der Waals surface area contributed by atoms with Crippen molar-refractivity contribution < 1.29 is 17.9 Å². The number of ketones is 1. The highest BCUT2D eigenvalue weighted by atomic mass is 32.2. The van der Waals surface area contributed by atoms with Gasteiger partial charge in [0.1, 0.15) is 11.5 Å². The standard InChI is InChI=1S/C14H19NO4S/c1-11(2)19-13-3-5-14(6-4-13)20(17,18)15-9-7-12(16)8-10-15/h3-6,11H,7-10H2,1-2H3. The van der Waals surface area contributed by atoms with Crippen molar-refractivity contribution in [3.05, 3.63) is 24.3 Å². The molecule has 1 aliphatic heterocycles. The number of hydrogen-bond acceptors (Lipinski definition) is 4. The lowest BCUT2D eigenvalue weighted by Crippen LogP contribution is -2.38. The Hall–Kier alpha value is -1.40. The molecule has 0 unspecified atom stereocenters. The molecule has 0 amide bonds. The Morgan fingerprint density at radius 2 is 1.65 bits per heavy atom. The third kappa shape index (κ3) is 3.37. The van der Waals surface area contributed by atoms with Crippen LogP contribution >= 0.6 is 0 Å². The maximum Gasteiger partial charge on any atom is 0.243 e. The van der Waals surface area contributed by atoms with Crippen LogP contribution in [0.15, 0.2) is 29.2 Å². The zero-order valence-electron chi connectivity index (χ0n) is 11.7. The van der Waals surface area contributed by atoms with E-state index in [2.05, 4.69) is 0 Å². The molecule has 5 nitrogen and oxygen atoms in total. The Balaban J connectivity index is 2.15. The molecule has 2 rings (SSSR count). The number of sulfonamides is 1. The lowest BCUT2D eigenvalue weighted by Gasteiger charge is -2.25. The Bertz CT molecular complexity index is 568. The molecule has 1 fully saturated rings. The first-order valence-corrected chi connectivity index (χ1v) is 8.12. The van der Waals surface area contributed by atoms with Gasteiger partial charge in [-0.3, -0.25) is 4.79 Å². The molecule has 6 heteroatoms. The number of hydrogen-bond donors (Lipinski definition) is 0. The summed E-state index contributed by atoms with van der Waals surface area (Å²) < 4.78 is 31.7. The second-order valence-corrected chi connectivity index (χ2v) is 7.02.